The summed E-state index contributed by atoms with van der Waals surface area (Å²) in [6, 6.07) is 0.510. The molecule has 15 heavy (non-hydrogen) atoms. The summed E-state index contributed by atoms with van der Waals surface area (Å²) < 4.78 is 0. The van der Waals surface area contributed by atoms with E-state index in [9.17, 15) is 0 Å². The van der Waals surface area contributed by atoms with Crippen LogP contribution in [-0.2, 0) is 0 Å². The summed E-state index contributed by atoms with van der Waals surface area (Å²) in [5.74, 6) is 3.16. The van der Waals surface area contributed by atoms with E-state index in [0.29, 0.717) is 11.5 Å². The van der Waals surface area contributed by atoms with Gasteiger partial charge in [-0.3, -0.25) is 0 Å². The zero-order chi connectivity index (χ0) is 10.5. The third kappa shape index (κ3) is 1.54. The lowest BCUT2D eigenvalue weighted by Gasteiger charge is -2.59. The van der Waals surface area contributed by atoms with Crippen molar-refractivity contribution in [3.8, 4) is 0 Å². The van der Waals surface area contributed by atoms with Crippen LogP contribution in [0.4, 0.5) is 0 Å². The van der Waals surface area contributed by atoms with Crippen LogP contribution in [0.3, 0.4) is 0 Å². The average molecular weight is 207 g/mol. The monoisotopic (exact) mass is 207 g/mol. The van der Waals surface area contributed by atoms with Gasteiger partial charge < -0.3 is 5.73 Å². The highest BCUT2D eigenvalue weighted by Gasteiger charge is 2.52. The van der Waals surface area contributed by atoms with Crippen molar-refractivity contribution < 1.29 is 0 Å². The van der Waals surface area contributed by atoms with E-state index in [1.807, 2.05) is 0 Å². The molecular formula is C14H25N. The van der Waals surface area contributed by atoms with Gasteiger partial charge in [0.1, 0.15) is 0 Å². The largest absolute Gasteiger partial charge is 0.327 e. The Balaban J connectivity index is 1.80. The van der Waals surface area contributed by atoms with Crippen molar-refractivity contribution in [1.29, 1.82) is 0 Å². The molecule has 0 amide bonds. The second-order valence-corrected chi connectivity index (χ2v) is 6.68. The predicted molar refractivity (Wildman–Crippen MR) is 63.5 cm³/mol. The van der Waals surface area contributed by atoms with Gasteiger partial charge in [-0.05, 0) is 68.1 Å². The molecule has 0 aromatic rings. The van der Waals surface area contributed by atoms with Crippen LogP contribution < -0.4 is 5.73 Å². The lowest BCUT2D eigenvalue weighted by atomic mass is 9.47. The molecule has 86 valence electrons. The molecule has 4 fully saturated rings. The van der Waals surface area contributed by atoms with E-state index in [1.54, 1.807) is 0 Å². The first-order chi connectivity index (χ1) is 7.22. The summed E-state index contributed by atoms with van der Waals surface area (Å²) in [5, 5.41) is 0. The molecule has 0 heterocycles. The topological polar surface area (TPSA) is 26.0 Å². The van der Waals surface area contributed by atoms with Crippen LogP contribution in [0.1, 0.15) is 58.3 Å². The van der Waals surface area contributed by atoms with E-state index in [4.69, 9.17) is 5.73 Å². The maximum absolute atomic E-state index is 6.48. The summed E-state index contributed by atoms with van der Waals surface area (Å²) in [4.78, 5) is 0. The van der Waals surface area contributed by atoms with Gasteiger partial charge in [0.15, 0.2) is 0 Å². The zero-order valence-electron chi connectivity index (χ0n) is 10.0. The molecule has 0 aliphatic heterocycles. The van der Waals surface area contributed by atoms with Gasteiger partial charge in [0, 0.05) is 6.04 Å². The second kappa shape index (κ2) is 3.48. The van der Waals surface area contributed by atoms with Crippen LogP contribution in [0, 0.1) is 23.2 Å². The Bertz CT molecular complexity index is 210. The van der Waals surface area contributed by atoms with Gasteiger partial charge in [-0.15, -0.1) is 0 Å². The molecule has 4 aliphatic rings. The summed E-state index contributed by atoms with van der Waals surface area (Å²) >= 11 is 0. The zero-order valence-corrected chi connectivity index (χ0v) is 10.0. The van der Waals surface area contributed by atoms with Crippen molar-refractivity contribution in [3.05, 3.63) is 0 Å². The molecule has 0 spiro atoms. The van der Waals surface area contributed by atoms with E-state index in [-0.39, 0.29) is 0 Å². The lowest BCUT2D eigenvalue weighted by molar-refractivity contribution is -0.0682. The minimum atomic E-state index is 0.510. The van der Waals surface area contributed by atoms with Gasteiger partial charge in [-0.1, -0.05) is 13.3 Å². The van der Waals surface area contributed by atoms with Crippen molar-refractivity contribution in [2.24, 2.45) is 28.9 Å². The Morgan fingerprint density at radius 2 is 1.53 bits per heavy atom. The van der Waals surface area contributed by atoms with Crippen LogP contribution in [-0.4, -0.2) is 6.04 Å². The molecule has 2 N–H and O–H groups in total. The Morgan fingerprint density at radius 3 is 1.93 bits per heavy atom. The molecule has 1 atom stereocenters. The van der Waals surface area contributed by atoms with Crippen molar-refractivity contribution in [3.63, 3.8) is 0 Å². The van der Waals surface area contributed by atoms with Crippen molar-refractivity contribution in [2.45, 2.75) is 64.3 Å². The van der Waals surface area contributed by atoms with Gasteiger partial charge in [0.25, 0.3) is 0 Å². The van der Waals surface area contributed by atoms with Crippen LogP contribution in [0.5, 0.6) is 0 Å². The molecule has 0 aromatic heterocycles. The van der Waals surface area contributed by atoms with Gasteiger partial charge in [-0.2, -0.15) is 0 Å². The minimum absolute atomic E-state index is 0.510. The first-order valence-corrected chi connectivity index (χ1v) is 6.97. The number of nitrogens with two attached hydrogens (primary N) is 1. The Kier molecular flexibility index (Phi) is 2.35. The molecule has 0 saturated heterocycles. The van der Waals surface area contributed by atoms with Crippen molar-refractivity contribution >= 4 is 0 Å². The smallest absolute Gasteiger partial charge is 0.00957 e. The maximum Gasteiger partial charge on any atom is 0.00957 e. The van der Waals surface area contributed by atoms with E-state index in [0.717, 1.165) is 17.8 Å². The predicted octanol–water partition coefficient (Wildman–Crippen LogP) is 3.33. The summed E-state index contributed by atoms with van der Waals surface area (Å²) in [6.07, 6.45) is 11.6. The van der Waals surface area contributed by atoms with Crippen LogP contribution >= 0.6 is 0 Å². The lowest BCUT2D eigenvalue weighted by Crippen LogP contribution is -2.54. The Labute approximate surface area is 93.8 Å². The van der Waals surface area contributed by atoms with Crippen LogP contribution in [0.25, 0.3) is 0 Å². The quantitative estimate of drug-likeness (QED) is 0.754. The highest BCUT2D eigenvalue weighted by molar-refractivity contribution is 5.05. The fourth-order valence-corrected chi connectivity index (χ4v) is 5.25. The second-order valence-electron chi connectivity index (χ2n) is 6.68. The first-order valence-electron chi connectivity index (χ1n) is 6.97. The van der Waals surface area contributed by atoms with Gasteiger partial charge in [-0.25, -0.2) is 0 Å². The SMILES string of the molecule is CCC[C@@H](N)C12CC3CC(CC(C3)C1)C2. The average Bonchev–Trinajstić information content (AvgIpc) is 2.15. The van der Waals surface area contributed by atoms with Gasteiger partial charge in [0.2, 0.25) is 0 Å². The van der Waals surface area contributed by atoms with Crippen molar-refractivity contribution in [1.82, 2.24) is 0 Å². The molecule has 4 saturated carbocycles. The van der Waals surface area contributed by atoms with Crippen LogP contribution in [0.2, 0.25) is 0 Å². The first kappa shape index (κ1) is 10.1. The van der Waals surface area contributed by atoms with E-state index < -0.39 is 0 Å². The fourth-order valence-electron chi connectivity index (χ4n) is 5.25. The molecule has 4 rings (SSSR count). The number of hydrogen-bond acceptors (Lipinski definition) is 1. The summed E-state index contributed by atoms with van der Waals surface area (Å²) in [5.41, 5.74) is 7.07. The minimum Gasteiger partial charge on any atom is -0.327 e. The van der Waals surface area contributed by atoms with E-state index >= 15 is 0 Å². The van der Waals surface area contributed by atoms with E-state index in [1.165, 1.54) is 51.4 Å². The molecule has 4 aliphatic carbocycles. The fraction of sp³-hybridized carbons (Fsp3) is 1.00. The molecule has 1 nitrogen and oxygen atoms in total. The normalized spacial score (nSPS) is 49.6. The van der Waals surface area contributed by atoms with Gasteiger partial charge in [0.05, 0.1) is 0 Å². The third-order valence-corrected chi connectivity index (χ3v) is 5.47. The Hall–Kier alpha value is -0.0400. The Morgan fingerprint density at radius 1 is 1.07 bits per heavy atom. The number of rotatable bonds is 3. The van der Waals surface area contributed by atoms with Gasteiger partial charge >= 0.3 is 0 Å². The number of hydrogen-bond donors (Lipinski definition) is 1. The van der Waals surface area contributed by atoms with Crippen molar-refractivity contribution in [2.75, 3.05) is 0 Å². The highest BCUT2D eigenvalue weighted by Crippen LogP contribution is 2.61. The standard InChI is InChI=1S/C14H25N/c1-2-3-13(15)14-7-10-4-11(8-14)6-12(5-10)9-14/h10-13H,2-9,15H2,1H3/t10?,11?,12?,13-,14?/m1/s1. The maximum atomic E-state index is 6.48. The molecule has 1 heteroatoms. The summed E-state index contributed by atoms with van der Waals surface area (Å²) in [6.45, 7) is 2.28. The molecule has 0 unspecified atom stereocenters. The highest BCUT2D eigenvalue weighted by atomic mass is 14.7. The van der Waals surface area contributed by atoms with Crippen LogP contribution in [0.15, 0.2) is 0 Å². The molecule has 0 radical (unpaired) electrons. The molecule has 0 aromatic carbocycles. The third-order valence-electron chi connectivity index (χ3n) is 5.47. The molecule has 4 bridgehead atoms. The van der Waals surface area contributed by atoms with E-state index in [2.05, 4.69) is 6.92 Å². The molecular weight excluding hydrogens is 182 g/mol. The summed E-state index contributed by atoms with van der Waals surface area (Å²) in [7, 11) is 0.